The standard InChI is InChI=1S/C34H29N3O/c1-36(2)29-20-18-25(19-21-29)22-23-34-24-30(26-12-6-3-7-13-26)31(34)32(27-14-8-4-9-15-27)35-37(34)33(38)28-16-10-5-11-17-28/h3-24,31H,1-2H3/b23-22+. The zero-order chi connectivity index (χ0) is 26.1. The highest BCUT2D eigenvalue weighted by molar-refractivity contribution is 6.16. The number of carbonyl (C=O) groups excluding carboxylic acids is 1. The Hall–Kier alpha value is -4.70. The van der Waals surface area contributed by atoms with Gasteiger partial charge in [0, 0.05) is 25.3 Å². The highest BCUT2D eigenvalue weighted by atomic mass is 16.2. The molecule has 2 unspecified atom stereocenters. The van der Waals surface area contributed by atoms with E-state index in [1.165, 1.54) is 5.57 Å². The van der Waals surface area contributed by atoms with E-state index in [4.69, 9.17) is 5.10 Å². The number of anilines is 1. The highest BCUT2D eigenvalue weighted by Gasteiger charge is 2.58. The minimum absolute atomic E-state index is 0.0859. The number of rotatable bonds is 6. The Balaban J connectivity index is 1.49. The van der Waals surface area contributed by atoms with Crippen LogP contribution in [-0.2, 0) is 0 Å². The lowest BCUT2D eigenvalue weighted by atomic mass is 9.63. The molecule has 4 aromatic carbocycles. The van der Waals surface area contributed by atoms with Crippen LogP contribution in [0.4, 0.5) is 5.69 Å². The van der Waals surface area contributed by atoms with E-state index in [0.29, 0.717) is 5.56 Å². The normalized spacial score (nSPS) is 19.9. The Morgan fingerprint density at radius 1 is 0.789 bits per heavy atom. The molecular weight excluding hydrogens is 466 g/mol. The summed E-state index contributed by atoms with van der Waals surface area (Å²) < 4.78 is 0. The lowest BCUT2D eigenvalue weighted by Gasteiger charge is -2.45. The van der Waals surface area contributed by atoms with Gasteiger partial charge in [0.2, 0.25) is 0 Å². The Bertz CT molecular complexity index is 1540. The van der Waals surface area contributed by atoms with Crippen molar-refractivity contribution in [2.24, 2.45) is 11.0 Å². The van der Waals surface area contributed by atoms with Crippen LogP contribution in [-0.4, -0.2) is 36.3 Å². The predicted octanol–water partition coefficient (Wildman–Crippen LogP) is 6.78. The monoisotopic (exact) mass is 495 g/mol. The zero-order valence-electron chi connectivity index (χ0n) is 21.5. The third-order valence-electron chi connectivity index (χ3n) is 7.35. The molecule has 0 bridgehead atoms. The van der Waals surface area contributed by atoms with Crippen molar-refractivity contribution in [2.45, 2.75) is 5.54 Å². The number of carbonyl (C=O) groups is 1. The predicted molar refractivity (Wildman–Crippen MR) is 156 cm³/mol. The fraction of sp³-hybridized carbons (Fsp3) is 0.118. The fourth-order valence-electron chi connectivity index (χ4n) is 5.34. The van der Waals surface area contributed by atoms with Gasteiger partial charge in [0.1, 0.15) is 5.54 Å². The summed E-state index contributed by atoms with van der Waals surface area (Å²) in [7, 11) is 4.07. The first-order chi connectivity index (χ1) is 18.6. The van der Waals surface area contributed by atoms with Crippen molar-refractivity contribution < 1.29 is 4.79 Å². The summed E-state index contributed by atoms with van der Waals surface area (Å²) in [6.45, 7) is 0. The molecule has 4 heteroatoms. The van der Waals surface area contributed by atoms with Crippen LogP contribution in [0, 0.1) is 5.92 Å². The number of benzene rings is 4. The van der Waals surface area contributed by atoms with E-state index in [-0.39, 0.29) is 11.8 Å². The van der Waals surface area contributed by atoms with E-state index in [9.17, 15) is 4.79 Å². The number of hydrazone groups is 1. The van der Waals surface area contributed by atoms with E-state index in [0.717, 1.165) is 28.1 Å². The van der Waals surface area contributed by atoms with Crippen molar-refractivity contribution in [3.63, 3.8) is 0 Å². The molecule has 6 rings (SSSR count). The first-order valence-electron chi connectivity index (χ1n) is 12.9. The molecule has 4 aromatic rings. The Morgan fingerprint density at radius 2 is 1.37 bits per heavy atom. The zero-order valence-corrected chi connectivity index (χ0v) is 21.5. The Kier molecular flexibility index (Phi) is 6.01. The van der Waals surface area contributed by atoms with Crippen molar-refractivity contribution in [3.8, 4) is 0 Å². The molecule has 0 fully saturated rings. The van der Waals surface area contributed by atoms with Gasteiger partial charge in [0.05, 0.1) is 11.6 Å². The van der Waals surface area contributed by atoms with Crippen molar-refractivity contribution in [3.05, 3.63) is 150 Å². The van der Waals surface area contributed by atoms with Gasteiger partial charge in [0.25, 0.3) is 5.91 Å². The molecule has 0 spiro atoms. The second-order valence-electron chi connectivity index (χ2n) is 9.94. The third-order valence-corrected chi connectivity index (χ3v) is 7.35. The van der Waals surface area contributed by atoms with E-state index in [2.05, 4.69) is 83.8 Å². The van der Waals surface area contributed by atoms with Gasteiger partial charge in [-0.25, -0.2) is 5.01 Å². The van der Waals surface area contributed by atoms with E-state index >= 15 is 0 Å². The van der Waals surface area contributed by atoms with Gasteiger partial charge in [-0.15, -0.1) is 0 Å². The highest BCUT2D eigenvalue weighted by Crippen LogP contribution is 2.54. The minimum atomic E-state index is -0.705. The summed E-state index contributed by atoms with van der Waals surface area (Å²) >= 11 is 0. The number of hydrogen-bond donors (Lipinski definition) is 0. The van der Waals surface area contributed by atoms with Gasteiger partial charge in [-0.05, 0) is 52.6 Å². The second-order valence-corrected chi connectivity index (χ2v) is 9.94. The minimum Gasteiger partial charge on any atom is -0.378 e. The number of amides is 1. The molecule has 0 N–H and O–H groups in total. The van der Waals surface area contributed by atoms with Crippen LogP contribution >= 0.6 is 0 Å². The average molecular weight is 496 g/mol. The smallest absolute Gasteiger partial charge is 0.275 e. The molecule has 0 aromatic heterocycles. The van der Waals surface area contributed by atoms with E-state index < -0.39 is 5.54 Å². The van der Waals surface area contributed by atoms with Gasteiger partial charge in [-0.1, -0.05) is 103 Å². The first-order valence-corrected chi connectivity index (χ1v) is 12.9. The molecule has 186 valence electrons. The first kappa shape index (κ1) is 23.7. The Morgan fingerprint density at radius 3 is 1.97 bits per heavy atom. The van der Waals surface area contributed by atoms with Gasteiger partial charge < -0.3 is 4.90 Å². The molecule has 0 saturated carbocycles. The molecule has 1 amide bonds. The molecule has 2 aliphatic rings. The van der Waals surface area contributed by atoms with Crippen LogP contribution < -0.4 is 4.90 Å². The molecule has 1 heterocycles. The molecule has 0 saturated heterocycles. The number of hydrogen-bond acceptors (Lipinski definition) is 3. The van der Waals surface area contributed by atoms with Gasteiger partial charge in [0.15, 0.2) is 0 Å². The summed E-state index contributed by atoms with van der Waals surface area (Å²) in [6.07, 6.45) is 6.46. The van der Waals surface area contributed by atoms with Crippen LogP contribution in [0.1, 0.15) is 27.0 Å². The van der Waals surface area contributed by atoms with E-state index in [1.54, 1.807) is 5.01 Å². The molecule has 2 atom stereocenters. The fourth-order valence-corrected chi connectivity index (χ4v) is 5.34. The van der Waals surface area contributed by atoms with Crippen molar-refractivity contribution in [1.29, 1.82) is 0 Å². The molecular formula is C34H29N3O. The summed E-state index contributed by atoms with van der Waals surface area (Å²) in [6, 6.07) is 38.4. The quantitative estimate of drug-likeness (QED) is 0.296. The summed E-state index contributed by atoms with van der Waals surface area (Å²) in [4.78, 5) is 16.0. The average Bonchev–Trinajstić information content (AvgIpc) is 3.21. The Labute approximate surface area is 223 Å². The molecule has 4 nitrogen and oxygen atoms in total. The largest absolute Gasteiger partial charge is 0.378 e. The van der Waals surface area contributed by atoms with Gasteiger partial charge in [-0.3, -0.25) is 4.79 Å². The lowest BCUT2D eigenvalue weighted by Crippen LogP contribution is -2.54. The molecule has 1 aliphatic heterocycles. The molecule has 0 radical (unpaired) electrons. The third kappa shape index (κ3) is 4.04. The maximum atomic E-state index is 13.9. The van der Waals surface area contributed by atoms with Gasteiger partial charge in [-0.2, -0.15) is 5.10 Å². The number of fused-ring (bicyclic) bond motifs is 1. The molecule has 1 aliphatic carbocycles. The van der Waals surface area contributed by atoms with Crippen LogP contribution in [0.15, 0.2) is 133 Å². The maximum Gasteiger partial charge on any atom is 0.275 e. The summed E-state index contributed by atoms with van der Waals surface area (Å²) in [5.41, 5.74) is 6.39. The SMILES string of the molecule is CN(C)c1ccc(/C=C/C23C=C(c4ccccc4)C2C(c2ccccc2)=NN3C(=O)c2ccccc2)cc1. The van der Waals surface area contributed by atoms with Crippen molar-refractivity contribution in [1.82, 2.24) is 5.01 Å². The van der Waals surface area contributed by atoms with Crippen LogP contribution in [0.2, 0.25) is 0 Å². The lowest BCUT2D eigenvalue weighted by molar-refractivity contribution is 0.0649. The van der Waals surface area contributed by atoms with Crippen molar-refractivity contribution in [2.75, 3.05) is 19.0 Å². The van der Waals surface area contributed by atoms with Crippen molar-refractivity contribution >= 4 is 29.0 Å². The van der Waals surface area contributed by atoms with Crippen LogP contribution in [0.5, 0.6) is 0 Å². The van der Waals surface area contributed by atoms with Crippen LogP contribution in [0.3, 0.4) is 0 Å². The summed E-state index contributed by atoms with van der Waals surface area (Å²) in [5.74, 6) is -0.199. The second kappa shape index (κ2) is 9.64. The summed E-state index contributed by atoms with van der Waals surface area (Å²) in [5, 5.41) is 6.73. The molecule has 38 heavy (non-hydrogen) atoms. The maximum absolute atomic E-state index is 13.9. The topological polar surface area (TPSA) is 35.9 Å². The van der Waals surface area contributed by atoms with Gasteiger partial charge >= 0.3 is 0 Å². The van der Waals surface area contributed by atoms with E-state index in [1.807, 2.05) is 68.7 Å². The number of nitrogens with zero attached hydrogens (tertiary/aromatic N) is 3. The van der Waals surface area contributed by atoms with Crippen LogP contribution in [0.25, 0.3) is 11.6 Å².